The molecule has 0 heterocycles. The number of rotatable bonds is 17. The number of nitrogens with two attached hydrogens (primary N) is 2. The molecule has 10 nitrogen and oxygen atoms in total. The Bertz CT molecular complexity index is 632. The van der Waals surface area contributed by atoms with Crippen molar-refractivity contribution in [2.75, 3.05) is 18.6 Å². The van der Waals surface area contributed by atoms with Crippen molar-refractivity contribution >= 4 is 35.5 Å². The fourth-order valence-electron chi connectivity index (χ4n) is 3.16. The first kappa shape index (κ1) is 31.1. The first-order chi connectivity index (χ1) is 15.4. The molecule has 4 unspecified atom stereocenters. The van der Waals surface area contributed by atoms with Gasteiger partial charge in [-0.2, -0.15) is 11.8 Å². The van der Waals surface area contributed by atoms with Gasteiger partial charge in [-0.1, -0.05) is 27.7 Å². The third-order valence-electron chi connectivity index (χ3n) is 5.12. The van der Waals surface area contributed by atoms with Gasteiger partial charge < -0.3 is 32.5 Å². The molecule has 0 aliphatic rings. The minimum absolute atomic E-state index is 0.0657. The number of carboxylic acids is 1. The average molecular weight is 490 g/mol. The second-order valence-corrected chi connectivity index (χ2v) is 9.98. The van der Waals surface area contributed by atoms with Gasteiger partial charge in [0.05, 0.1) is 6.04 Å². The summed E-state index contributed by atoms with van der Waals surface area (Å²) < 4.78 is 0. The highest BCUT2D eigenvalue weighted by molar-refractivity contribution is 7.98. The lowest BCUT2D eigenvalue weighted by Crippen LogP contribution is -2.58. The van der Waals surface area contributed by atoms with Crippen LogP contribution in [-0.4, -0.2) is 71.5 Å². The maximum absolute atomic E-state index is 13.0. The lowest BCUT2D eigenvalue weighted by molar-refractivity contribution is -0.143. The van der Waals surface area contributed by atoms with Crippen LogP contribution in [0.25, 0.3) is 0 Å². The van der Waals surface area contributed by atoms with Crippen LogP contribution in [0.1, 0.15) is 59.8 Å². The number of amides is 3. The monoisotopic (exact) mass is 489 g/mol. The predicted molar refractivity (Wildman–Crippen MR) is 132 cm³/mol. The molecular formula is C22H43N5O5S. The Morgan fingerprint density at radius 1 is 0.879 bits per heavy atom. The zero-order valence-corrected chi connectivity index (χ0v) is 21.4. The van der Waals surface area contributed by atoms with E-state index in [9.17, 15) is 24.3 Å². The number of hydrogen-bond acceptors (Lipinski definition) is 7. The molecule has 0 aromatic rings. The van der Waals surface area contributed by atoms with E-state index < -0.39 is 47.9 Å². The molecule has 0 bridgehead atoms. The van der Waals surface area contributed by atoms with E-state index in [0.717, 1.165) is 5.75 Å². The largest absolute Gasteiger partial charge is 0.480 e. The van der Waals surface area contributed by atoms with Crippen LogP contribution in [-0.2, 0) is 19.2 Å². The molecule has 0 spiro atoms. The zero-order valence-electron chi connectivity index (χ0n) is 20.6. The number of unbranched alkanes of at least 4 members (excludes halogenated alkanes) is 1. The third kappa shape index (κ3) is 12.8. The molecule has 3 amide bonds. The lowest BCUT2D eigenvalue weighted by atomic mass is 9.99. The molecule has 4 atom stereocenters. The van der Waals surface area contributed by atoms with Gasteiger partial charge in [-0.05, 0) is 62.5 Å². The van der Waals surface area contributed by atoms with Gasteiger partial charge in [0.2, 0.25) is 17.7 Å². The first-order valence-electron chi connectivity index (χ1n) is 11.5. The Morgan fingerprint density at radius 2 is 1.48 bits per heavy atom. The van der Waals surface area contributed by atoms with E-state index >= 15 is 0 Å². The highest BCUT2D eigenvalue weighted by Crippen LogP contribution is 2.10. The molecular weight excluding hydrogens is 446 g/mol. The van der Waals surface area contributed by atoms with Gasteiger partial charge in [-0.3, -0.25) is 14.4 Å². The number of nitrogens with one attached hydrogen (secondary N) is 3. The van der Waals surface area contributed by atoms with Crippen molar-refractivity contribution in [2.45, 2.75) is 84.0 Å². The van der Waals surface area contributed by atoms with E-state index in [-0.39, 0.29) is 18.3 Å². The second kappa shape index (κ2) is 16.7. The number of carbonyl (C=O) groups excluding carboxylic acids is 3. The number of carbonyl (C=O) groups is 4. The normalized spacial score (nSPS) is 14.9. The second-order valence-electron chi connectivity index (χ2n) is 8.99. The summed E-state index contributed by atoms with van der Waals surface area (Å²) in [5.41, 5.74) is 11.5. The van der Waals surface area contributed by atoms with Gasteiger partial charge >= 0.3 is 5.97 Å². The van der Waals surface area contributed by atoms with Crippen molar-refractivity contribution < 1.29 is 24.3 Å². The molecule has 0 aliphatic carbocycles. The van der Waals surface area contributed by atoms with Crippen molar-refractivity contribution in [1.82, 2.24) is 16.0 Å². The van der Waals surface area contributed by atoms with Gasteiger partial charge in [0.15, 0.2) is 0 Å². The summed E-state index contributed by atoms with van der Waals surface area (Å²) in [4.78, 5) is 49.9. The van der Waals surface area contributed by atoms with Crippen LogP contribution in [0.15, 0.2) is 0 Å². The van der Waals surface area contributed by atoms with Crippen LogP contribution in [0.5, 0.6) is 0 Å². The average Bonchev–Trinajstić information content (AvgIpc) is 2.73. The topological polar surface area (TPSA) is 177 Å². The van der Waals surface area contributed by atoms with Crippen LogP contribution in [0, 0.1) is 11.8 Å². The van der Waals surface area contributed by atoms with Crippen LogP contribution < -0.4 is 27.4 Å². The third-order valence-corrected chi connectivity index (χ3v) is 5.76. The van der Waals surface area contributed by atoms with Crippen LogP contribution in [0.4, 0.5) is 0 Å². The summed E-state index contributed by atoms with van der Waals surface area (Å²) in [5.74, 6) is -2.16. The molecule has 0 aromatic heterocycles. The number of hydrogen-bond donors (Lipinski definition) is 6. The smallest absolute Gasteiger partial charge is 0.326 e. The van der Waals surface area contributed by atoms with Gasteiger partial charge in [-0.15, -0.1) is 0 Å². The summed E-state index contributed by atoms with van der Waals surface area (Å²) in [6.07, 6.45) is 4.31. The van der Waals surface area contributed by atoms with Crippen molar-refractivity contribution in [3.05, 3.63) is 0 Å². The Labute approximate surface area is 201 Å². The van der Waals surface area contributed by atoms with Crippen molar-refractivity contribution in [3.63, 3.8) is 0 Å². The summed E-state index contributed by atoms with van der Waals surface area (Å²) in [6, 6.07) is -3.61. The van der Waals surface area contributed by atoms with E-state index in [1.807, 2.05) is 20.1 Å². The highest BCUT2D eigenvalue weighted by Gasteiger charge is 2.31. The molecule has 0 rings (SSSR count). The number of carboxylic acid groups (broad SMARTS) is 1. The molecule has 192 valence electrons. The molecule has 0 saturated carbocycles. The lowest BCUT2D eigenvalue weighted by Gasteiger charge is -2.27. The Kier molecular flexibility index (Phi) is 15.8. The van der Waals surface area contributed by atoms with E-state index in [1.165, 1.54) is 0 Å². The maximum atomic E-state index is 13.0. The predicted octanol–water partition coefficient (Wildman–Crippen LogP) is 0.437. The van der Waals surface area contributed by atoms with E-state index in [4.69, 9.17) is 11.5 Å². The molecule has 8 N–H and O–H groups in total. The van der Waals surface area contributed by atoms with Gasteiger partial charge in [0.25, 0.3) is 0 Å². The summed E-state index contributed by atoms with van der Waals surface area (Å²) >= 11 is 1.58. The molecule has 0 radical (unpaired) electrons. The van der Waals surface area contributed by atoms with Crippen LogP contribution in [0.3, 0.4) is 0 Å². The summed E-state index contributed by atoms with van der Waals surface area (Å²) in [5, 5.41) is 17.3. The Hall–Kier alpha value is -1.85. The first-order valence-corrected chi connectivity index (χ1v) is 12.9. The summed E-state index contributed by atoms with van der Waals surface area (Å²) in [6.45, 7) is 7.69. The van der Waals surface area contributed by atoms with E-state index in [1.54, 1.807) is 25.6 Å². The van der Waals surface area contributed by atoms with E-state index in [0.29, 0.717) is 32.2 Å². The van der Waals surface area contributed by atoms with Gasteiger partial charge in [0, 0.05) is 0 Å². The molecule has 11 heteroatoms. The van der Waals surface area contributed by atoms with Crippen molar-refractivity contribution in [3.8, 4) is 0 Å². The number of thioether (sulfide) groups is 1. The Morgan fingerprint density at radius 3 is 1.97 bits per heavy atom. The minimum atomic E-state index is -1.13. The van der Waals surface area contributed by atoms with Crippen molar-refractivity contribution in [2.24, 2.45) is 23.3 Å². The Balaban J connectivity index is 5.37. The van der Waals surface area contributed by atoms with Gasteiger partial charge in [0.1, 0.15) is 18.1 Å². The van der Waals surface area contributed by atoms with Gasteiger partial charge in [-0.25, -0.2) is 4.79 Å². The van der Waals surface area contributed by atoms with Crippen LogP contribution in [0.2, 0.25) is 0 Å². The highest BCUT2D eigenvalue weighted by atomic mass is 32.2. The SMILES string of the molecule is CSCCC(N)C(=O)NC(CCCCN)C(=O)NC(C(=O)NC(CC(C)C)C(=O)O)C(C)C. The standard InChI is InChI=1S/C22H43N5O5S/c1-13(2)12-17(22(31)32)26-21(30)18(14(3)4)27-20(29)16(8-6-7-10-23)25-19(28)15(24)9-11-33-5/h13-18H,6-12,23-24H2,1-5H3,(H,25,28)(H,26,30)(H,27,29)(H,31,32). The summed E-state index contributed by atoms with van der Waals surface area (Å²) in [7, 11) is 0. The zero-order chi connectivity index (χ0) is 25.6. The maximum Gasteiger partial charge on any atom is 0.326 e. The van der Waals surface area contributed by atoms with Crippen LogP contribution >= 0.6 is 11.8 Å². The van der Waals surface area contributed by atoms with E-state index in [2.05, 4.69) is 16.0 Å². The molecule has 33 heavy (non-hydrogen) atoms. The molecule has 0 aliphatic heterocycles. The fraction of sp³-hybridized carbons (Fsp3) is 0.818. The fourth-order valence-corrected chi connectivity index (χ4v) is 3.65. The van der Waals surface area contributed by atoms with Crippen molar-refractivity contribution in [1.29, 1.82) is 0 Å². The molecule has 0 saturated heterocycles. The number of aliphatic carboxylic acids is 1. The molecule has 0 aromatic carbocycles. The molecule has 0 fully saturated rings. The quantitative estimate of drug-likeness (QED) is 0.159. The minimum Gasteiger partial charge on any atom is -0.480 e.